The van der Waals surface area contributed by atoms with E-state index < -0.39 is 0 Å². The molecule has 10 heavy (non-hydrogen) atoms. The van der Waals surface area contributed by atoms with E-state index in [1.54, 1.807) is 6.20 Å². The Balaban J connectivity index is 0.000000810. The molecular weight excluding hydrogens is 199 g/mol. The third-order valence-corrected chi connectivity index (χ3v) is 1.25. The summed E-state index contributed by atoms with van der Waals surface area (Å²) in [6.45, 7) is 4.26. The van der Waals surface area contributed by atoms with Gasteiger partial charge in [0.2, 0.25) is 0 Å². The minimum Gasteiger partial charge on any atom is -0.391 e. The van der Waals surface area contributed by atoms with Gasteiger partial charge in [-0.2, -0.15) is 12.1 Å². The van der Waals surface area contributed by atoms with Crippen LogP contribution in [0.4, 0.5) is 0 Å². The Morgan fingerprint density at radius 3 is 2.50 bits per heavy atom. The average Bonchev–Trinajstić information content (AvgIpc) is 1.90. The van der Waals surface area contributed by atoms with Crippen molar-refractivity contribution < 1.29 is 32.7 Å². The maximum absolute atomic E-state index is 3.97. The summed E-state index contributed by atoms with van der Waals surface area (Å²) in [5.74, 6) is 0.540. The Hall–Kier alpha value is 0.254. The molecule has 0 spiro atoms. The molecule has 0 aromatic carbocycles. The fourth-order valence-electron chi connectivity index (χ4n) is 0.653. The van der Waals surface area contributed by atoms with E-state index in [1.165, 1.54) is 5.56 Å². The first-order valence-electron chi connectivity index (χ1n) is 3.12. The zero-order valence-electron chi connectivity index (χ0n) is 6.33. The van der Waals surface area contributed by atoms with Gasteiger partial charge in [-0.15, -0.1) is 5.56 Å². The molecule has 0 N–H and O–H groups in total. The number of rotatable bonds is 1. The van der Waals surface area contributed by atoms with E-state index in [-0.39, 0.29) is 32.7 Å². The standard InChI is InChI=1S/C8H10N.Y/c1-7(2)8-4-3-5-9-6-8;/h3,5-7H,1-2H3;/q-1;. The van der Waals surface area contributed by atoms with Crippen LogP contribution in [0.25, 0.3) is 0 Å². The number of nitrogens with zero attached hydrogens (tertiary/aromatic N) is 1. The molecule has 0 amide bonds. The van der Waals surface area contributed by atoms with Crippen LogP contribution in [0.3, 0.4) is 0 Å². The van der Waals surface area contributed by atoms with E-state index >= 15 is 0 Å². The first kappa shape index (κ1) is 10.3. The Bertz CT molecular complexity index is 172. The number of aromatic nitrogens is 1. The van der Waals surface area contributed by atoms with Crippen LogP contribution >= 0.6 is 0 Å². The van der Waals surface area contributed by atoms with Crippen LogP contribution in [0.5, 0.6) is 0 Å². The number of hydrogen-bond acceptors (Lipinski definition) is 1. The van der Waals surface area contributed by atoms with E-state index in [2.05, 4.69) is 24.9 Å². The fourth-order valence-corrected chi connectivity index (χ4v) is 0.653. The van der Waals surface area contributed by atoms with Crippen LogP contribution in [-0.4, -0.2) is 4.98 Å². The van der Waals surface area contributed by atoms with Gasteiger partial charge in [-0.3, -0.25) is 0 Å². The second kappa shape index (κ2) is 4.98. The van der Waals surface area contributed by atoms with Gasteiger partial charge in [-0.05, 0) is 5.92 Å². The second-order valence-corrected chi connectivity index (χ2v) is 2.35. The largest absolute Gasteiger partial charge is 0.391 e. The van der Waals surface area contributed by atoms with Crippen molar-refractivity contribution in [2.24, 2.45) is 0 Å². The third-order valence-electron chi connectivity index (χ3n) is 1.25. The van der Waals surface area contributed by atoms with E-state index in [1.807, 2.05) is 12.3 Å². The summed E-state index contributed by atoms with van der Waals surface area (Å²) in [6, 6.07) is 4.95. The van der Waals surface area contributed by atoms with Crippen LogP contribution in [0.1, 0.15) is 25.3 Å². The molecule has 51 valence electrons. The maximum atomic E-state index is 3.97. The molecule has 1 radical (unpaired) electrons. The maximum Gasteiger partial charge on any atom is 0 e. The summed E-state index contributed by atoms with van der Waals surface area (Å²) in [5, 5.41) is 0. The second-order valence-electron chi connectivity index (χ2n) is 2.35. The van der Waals surface area contributed by atoms with E-state index in [0.717, 1.165) is 0 Å². The van der Waals surface area contributed by atoms with Crippen molar-refractivity contribution in [2.75, 3.05) is 0 Å². The van der Waals surface area contributed by atoms with Crippen molar-refractivity contribution in [3.05, 3.63) is 30.1 Å². The zero-order chi connectivity index (χ0) is 6.69. The number of hydrogen-bond donors (Lipinski definition) is 0. The molecule has 0 bridgehead atoms. The van der Waals surface area contributed by atoms with Gasteiger partial charge >= 0.3 is 0 Å². The predicted octanol–water partition coefficient (Wildman–Crippen LogP) is 2.00. The van der Waals surface area contributed by atoms with Gasteiger partial charge in [0.05, 0.1) is 0 Å². The van der Waals surface area contributed by atoms with E-state index in [9.17, 15) is 0 Å². The Morgan fingerprint density at radius 1 is 1.50 bits per heavy atom. The van der Waals surface area contributed by atoms with E-state index in [0.29, 0.717) is 5.92 Å². The monoisotopic (exact) mass is 209 g/mol. The summed E-state index contributed by atoms with van der Waals surface area (Å²) in [7, 11) is 0. The molecule has 1 aromatic rings. The molecule has 0 aliphatic rings. The zero-order valence-corrected chi connectivity index (χ0v) is 9.17. The van der Waals surface area contributed by atoms with Gasteiger partial charge in [-0.1, -0.05) is 26.2 Å². The van der Waals surface area contributed by atoms with Crippen LogP contribution in [0.15, 0.2) is 18.5 Å². The molecule has 0 fully saturated rings. The molecule has 0 saturated carbocycles. The van der Waals surface area contributed by atoms with Crippen molar-refractivity contribution in [1.29, 1.82) is 0 Å². The quantitative estimate of drug-likeness (QED) is 0.644. The summed E-state index contributed by atoms with van der Waals surface area (Å²) in [4.78, 5) is 3.97. The van der Waals surface area contributed by atoms with E-state index in [4.69, 9.17) is 0 Å². The van der Waals surface area contributed by atoms with Crippen LogP contribution in [-0.2, 0) is 32.7 Å². The molecular formula is C8H10NY-. The molecule has 0 aliphatic heterocycles. The first-order chi connectivity index (χ1) is 4.30. The smallest absolute Gasteiger partial charge is 0 e. The fraction of sp³-hybridized carbons (Fsp3) is 0.375. The van der Waals surface area contributed by atoms with Crippen molar-refractivity contribution in [1.82, 2.24) is 4.98 Å². The van der Waals surface area contributed by atoms with Crippen molar-refractivity contribution in [2.45, 2.75) is 19.8 Å². The minimum absolute atomic E-state index is 0. The van der Waals surface area contributed by atoms with Crippen molar-refractivity contribution >= 4 is 0 Å². The summed E-state index contributed by atoms with van der Waals surface area (Å²) in [6.07, 6.45) is 3.59. The van der Waals surface area contributed by atoms with Gasteiger partial charge < -0.3 is 4.98 Å². The normalized spacial score (nSPS) is 9.10. The van der Waals surface area contributed by atoms with Crippen molar-refractivity contribution in [3.63, 3.8) is 0 Å². The molecule has 0 atom stereocenters. The molecule has 1 nitrogen and oxygen atoms in total. The summed E-state index contributed by atoms with van der Waals surface area (Å²) in [5.41, 5.74) is 1.18. The molecule has 1 rings (SSSR count). The topological polar surface area (TPSA) is 12.9 Å². The summed E-state index contributed by atoms with van der Waals surface area (Å²) < 4.78 is 0. The molecule has 1 heterocycles. The van der Waals surface area contributed by atoms with Crippen LogP contribution < -0.4 is 0 Å². The number of pyridine rings is 1. The first-order valence-corrected chi connectivity index (χ1v) is 3.12. The SMILES string of the molecule is CC(C)c1[c-]ccnc1.[Y]. The molecule has 2 heteroatoms. The molecule has 0 unspecified atom stereocenters. The van der Waals surface area contributed by atoms with Crippen molar-refractivity contribution in [3.8, 4) is 0 Å². The molecule has 0 aliphatic carbocycles. The predicted molar refractivity (Wildman–Crippen MR) is 37.2 cm³/mol. The van der Waals surface area contributed by atoms with Gasteiger partial charge in [0.25, 0.3) is 0 Å². The molecule has 0 saturated heterocycles. The minimum atomic E-state index is 0. The summed E-state index contributed by atoms with van der Waals surface area (Å²) >= 11 is 0. The van der Waals surface area contributed by atoms with Gasteiger partial charge in [-0.25, -0.2) is 0 Å². The third kappa shape index (κ3) is 2.89. The van der Waals surface area contributed by atoms with Gasteiger partial charge in [0, 0.05) is 32.7 Å². The van der Waals surface area contributed by atoms with Crippen LogP contribution in [0, 0.1) is 6.07 Å². The average molecular weight is 209 g/mol. The molecule has 1 aromatic heterocycles. The van der Waals surface area contributed by atoms with Gasteiger partial charge in [0.1, 0.15) is 0 Å². The van der Waals surface area contributed by atoms with Gasteiger partial charge in [0.15, 0.2) is 0 Å². The Kier molecular flexibility index (Phi) is 5.10. The van der Waals surface area contributed by atoms with Crippen LogP contribution in [0.2, 0.25) is 0 Å². The Labute approximate surface area is 87.1 Å². The Morgan fingerprint density at radius 2 is 2.20 bits per heavy atom.